The van der Waals surface area contributed by atoms with E-state index in [1.165, 1.54) is 31.5 Å². The van der Waals surface area contributed by atoms with Crippen LogP contribution in [0, 0.1) is 0 Å². The lowest BCUT2D eigenvalue weighted by Crippen LogP contribution is -2.18. The highest BCUT2D eigenvalue weighted by molar-refractivity contribution is 5.97. The Morgan fingerprint density at radius 2 is 1.78 bits per heavy atom. The fourth-order valence-electron chi connectivity index (χ4n) is 5.06. The molecule has 5 aromatic heterocycles. The van der Waals surface area contributed by atoms with E-state index in [0.29, 0.717) is 5.82 Å². The molecule has 6 aromatic rings. The number of imidazole rings is 1. The van der Waals surface area contributed by atoms with Gasteiger partial charge in [-0.2, -0.15) is 5.10 Å². The lowest BCUT2D eigenvalue weighted by Gasteiger charge is -2.14. The number of hydrogen-bond donors (Lipinski definition) is 2. The van der Waals surface area contributed by atoms with E-state index in [4.69, 9.17) is 4.98 Å². The molecule has 0 atom stereocenters. The average molecular weight is 473 g/mol. The predicted molar refractivity (Wildman–Crippen MR) is 140 cm³/mol. The molecule has 1 fully saturated rings. The van der Waals surface area contributed by atoms with E-state index in [0.717, 1.165) is 56.6 Å². The second kappa shape index (κ2) is 8.66. The zero-order valence-corrected chi connectivity index (χ0v) is 19.6. The molecule has 2 N–H and O–H groups in total. The van der Waals surface area contributed by atoms with Crippen molar-refractivity contribution in [3.05, 3.63) is 79.0 Å². The molecule has 0 unspecified atom stereocenters. The Morgan fingerprint density at radius 1 is 0.861 bits per heavy atom. The third-order valence-electron chi connectivity index (χ3n) is 6.86. The molecule has 8 nitrogen and oxygen atoms in total. The maximum atomic E-state index is 4.92. The predicted octanol–water partition coefficient (Wildman–Crippen LogP) is 5.22. The minimum absolute atomic E-state index is 0.694. The van der Waals surface area contributed by atoms with E-state index >= 15 is 0 Å². The van der Waals surface area contributed by atoms with Gasteiger partial charge in [0.05, 0.1) is 22.9 Å². The van der Waals surface area contributed by atoms with Crippen molar-refractivity contribution in [1.82, 2.24) is 40.0 Å². The van der Waals surface area contributed by atoms with E-state index in [1.807, 2.05) is 30.6 Å². The third-order valence-corrected chi connectivity index (χ3v) is 6.86. The van der Waals surface area contributed by atoms with Gasteiger partial charge in [-0.1, -0.05) is 12.1 Å². The zero-order chi connectivity index (χ0) is 23.9. The van der Waals surface area contributed by atoms with Crippen molar-refractivity contribution < 1.29 is 0 Å². The highest BCUT2D eigenvalue weighted by Crippen LogP contribution is 2.32. The van der Waals surface area contributed by atoms with Crippen LogP contribution in [0.5, 0.6) is 0 Å². The number of nitrogens with zero attached hydrogens (tertiary/aromatic N) is 6. The number of hydrogen-bond acceptors (Lipinski definition) is 6. The summed E-state index contributed by atoms with van der Waals surface area (Å²) in [6.45, 7) is 3.29. The first kappa shape index (κ1) is 20.9. The Kier molecular flexibility index (Phi) is 5.03. The second-order valence-electron chi connectivity index (χ2n) is 9.28. The molecule has 1 aliphatic heterocycles. The van der Waals surface area contributed by atoms with Gasteiger partial charge in [0.2, 0.25) is 0 Å². The summed E-state index contributed by atoms with van der Waals surface area (Å²) in [4.78, 5) is 24.2. The standard InChI is InChI=1S/C28H24N8/c1-2-8-31-23(5-1)22-15-30-16-25-26(22)33-28(32-25)27-21-12-19(6-7-24(21)34-35-27)20-11-18(13-29-14-20)17-36-9-3-4-10-36/h1-2,5-8,11-16H,3-4,9-10,17H2,(H,32,33)(H,34,35). The smallest absolute Gasteiger partial charge is 0.159 e. The molecule has 176 valence electrons. The summed E-state index contributed by atoms with van der Waals surface area (Å²) in [7, 11) is 0. The van der Waals surface area contributed by atoms with Crippen LogP contribution < -0.4 is 0 Å². The quantitative estimate of drug-likeness (QED) is 0.357. The van der Waals surface area contributed by atoms with Crippen molar-refractivity contribution in [2.75, 3.05) is 13.1 Å². The number of aromatic amines is 2. The lowest BCUT2D eigenvalue weighted by atomic mass is 10.0. The van der Waals surface area contributed by atoms with Crippen LogP contribution in [0.4, 0.5) is 0 Å². The van der Waals surface area contributed by atoms with E-state index in [1.54, 1.807) is 18.6 Å². The third kappa shape index (κ3) is 3.72. The zero-order valence-electron chi connectivity index (χ0n) is 19.6. The van der Waals surface area contributed by atoms with E-state index < -0.39 is 0 Å². The number of H-pyrrole nitrogens is 2. The molecular formula is C28H24N8. The van der Waals surface area contributed by atoms with Gasteiger partial charge in [0.25, 0.3) is 0 Å². The van der Waals surface area contributed by atoms with Gasteiger partial charge in [0, 0.05) is 47.8 Å². The van der Waals surface area contributed by atoms with Crippen LogP contribution >= 0.6 is 0 Å². The minimum atomic E-state index is 0.694. The molecule has 1 aromatic carbocycles. The van der Waals surface area contributed by atoms with Crippen molar-refractivity contribution >= 4 is 21.9 Å². The molecular weight excluding hydrogens is 448 g/mol. The fraction of sp³-hybridized carbons (Fsp3) is 0.179. The number of fused-ring (bicyclic) bond motifs is 2. The van der Waals surface area contributed by atoms with Crippen LogP contribution in [0.15, 0.2) is 73.4 Å². The first-order valence-electron chi connectivity index (χ1n) is 12.2. The molecule has 0 saturated carbocycles. The summed E-state index contributed by atoms with van der Waals surface area (Å²) in [6.07, 6.45) is 11.8. The summed E-state index contributed by atoms with van der Waals surface area (Å²) in [5.74, 6) is 0.694. The number of aromatic nitrogens is 7. The normalized spacial score (nSPS) is 14.2. The molecule has 8 heteroatoms. The van der Waals surface area contributed by atoms with Crippen LogP contribution in [0.25, 0.3) is 55.8 Å². The average Bonchev–Trinajstić information content (AvgIpc) is 3.68. The maximum absolute atomic E-state index is 4.92. The monoisotopic (exact) mass is 472 g/mol. The first-order valence-corrected chi connectivity index (χ1v) is 12.2. The Balaban J connectivity index is 1.28. The van der Waals surface area contributed by atoms with Gasteiger partial charge in [-0.05, 0) is 67.4 Å². The molecule has 0 bridgehead atoms. The van der Waals surface area contributed by atoms with Gasteiger partial charge in [-0.3, -0.25) is 25.0 Å². The Hall–Kier alpha value is -4.43. The Bertz CT molecular complexity index is 1680. The van der Waals surface area contributed by atoms with Gasteiger partial charge in [0.15, 0.2) is 5.82 Å². The summed E-state index contributed by atoms with van der Waals surface area (Å²) in [6, 6.07) is 14.4. The molecule has 0 aliphatic carbocycles. The van der Waals surface area contributed by atoms with Crippen LogP contribution in [-0.2, 0) is 6.54 Å². The molecule has 7 rings (SSSR count). The van der Waals surface area contributed by atoms with Gasteiger partial charge in [0.1, 0.15) is 11.2 Å². The molecule has 0 spiro atoms. The number of pyridine rings is 3. The van der Waals surface area contributed by atoms with Crippen molar-refractivity contribution in [2.45, 2.75) is 19.4 Å². The van der Waals surface area contributed by atoms with Crippen LogP contribution in [-0.4, -0.2) is 53.1 Å². The van der Waals surface area contributed by atoms with Gasteiger partial charge in [-0.15, -0.1) is 0 Å². The number of nitrogens with one attached hydrogen (secondary N) is 2. The van der Waals surface area contributed by atoms with E-state index in [9.17, 15) is 0 Å². The summed E-state index contributed by atoms with van der Waals surface area (Å²) in [5, 5.41) is 8.77. The topological polar surface area (TPSA) is 99.3 Å². The Morgan fingerprint density at radius 3 is 2.67 bits per heavy atom. The number of likely N-dealkylation sites (tertiary alicyclic amines) is 1. The molecule has 6 heterocycles. The Labute approximate surface area is 207 Å². The largest absolute Gasteiger partial charge is 0.335 e. The van der Waals surface area contributed by atoms with E-state index in [2.05, 4.69) is 59.3 Å². The van der Waals surface area contributed by atoms with E-state index in [-0.39, 0.29) is 0 Å². The SMILES string of the molecule is c1ccc(-c2cncc3[nH]c(-c4n[nH]c5ccc(-c6cncc(CN7CCCC7)c6)cc45)nc23)nc1. The van der Waals surface area contributed by atoms with Gasteiger partial charge < -0.3 is 4.98 Å². The molecule has 1 saturated heterocycles. The molecule has 0 amide bonds. The van der Waals surface area contributed by atoms with Gasteiger partial charge >= 0.3 is 0 Å². The summed E-state index contributed by atoms with van der Waals surface area (Å²) in [5.41, 5.74) is 8.58. The lowest BCUT2D eigenvalue weighted by molar-refractivity contribution is 0.331. The maximum Gasteiger partial charge on any atom is 0.159 e. The highest BCUT2D eigenvalue weighted by atomic mass is 15.1. The fourth-order valence-corrected chi connectivity index (χ4v) is 5.06. The summed E-state index contributed by atoms with van der Waals surface area (Å²) >= 11 is 0. The van der Waals surface area contributed by atoms with Crippen LogP contribution in [0.2, 0.25) is 0 Å². The summed E-state index contributed by atoms with van der Waals surface area (Å²) < 4.78 is 0. The van der Waals surface area contributed by atoms with Crippen LogP contribution in [0.1, 0.15) is 18.4 Å². The number of rotatable bonds is 5. The number of benzene rings is 1. The molecule has 0 radical (unpaired) electrons. The molecule has 1 aliphatic rings. The van der Waals surface area contributed by atoms with Crippen molar-refractivity contribution in [3.8, 4) is 33.9 Å². The second-order valence-corrected chi connectivity index (χ2v) is 9.28. The first-order chi connectivity index (χ1) is 17.8. The minimum Gasteiger partial charge on any atom is -0.335 e. The van der Waals surface area contributed by atoms with Crippen molar-refractivity contribution in [2.24, 2.45) is 0 Å². The van der Waals surface area contributed by atoms with Crippen LogP contribution in [0.3, 0.4) is 0 Å². The van der Waals surface area contributed by atoms with Crippen molar-refractivity contribution in [1.29, 1.82) is 0 Å². The molecule has 36 heavy (non-hydrogen) atoms. The van der Waals surface area contributed by atoms with Crippen molar-refractivity contribution in [3.63, 3.8) is 0 Å². The highest BCUT2D eigenvalue weighted by Gasteiger charge is 2.17. The van der Waals surface area contributed by atoms with Gasteiger partial charge in [-0.25, -0.2) is 4.98 Å².